The standard InChI is InChI=1S/C11H7N3OS/c15-11-8-3-6-16-10(8)9(13-14-11)7-1-4-12-5-2-7/h1-6H,(H,14,15). The zero-order valence-corrected chi connectivity index (χ0v) is 8.99. The van der Waals surface area contributed by atoms with Gasteiger partial charge in [0.05, 0.1) is 10.1 Å². The minimum atomic E-state index is -0.144. The van der Waals surface area contributed by atoms with Crippen LogP contribution >= 0.6 is 11.3 Å². The van der Waals surface area contributed by atoms with Gasteiger partial charge < -0.3 is 0 Å². The summed E-state index contributed by atoms with van der Waals surface area (Å²) in [5.41, 5.74) is 1.61. The normalized spacial score (nSPS) is 10.8. The first kappa shape index (κ1) is 9.23. The number of aromatic nitrogens is 3. The van der Waals surface area contributed by atoms with E-state index in [1.807, 2.05) is 23.6 Å². The summed E-state index contributed by atoms with van der Waals surface area (Å²) >= 11 is 1.52. The van der Waals surface area contributed by atoms with Crippen LogP contribution in [0.3, 0.4) is 0 Å². The lowest BCUT2D eigenvalue weighted by molar-refractivity contribution is 1.02. The van der Waals surface area contributed by atoms with Gasteiger partial charge in [0.1, 0.15) is 5.69 Å². The Balaban J connectivity index is 2.37. The maximum Gasteiger partial charge on any atom is 0.272 e. The average Bonchev–Trinajstić information content (AvgIpc) is 2.81. The third-order valence-corrected chi connectivity index (χ3v) is 3.27. The minimum Gasteiger partial charge on any atom is -0.267 e. The van der Waals surface area contributed by atoms with E-state index < -0.39 is 0 Å². The second-order valence-electron chi connectivity index (χ2n) is 3.30. The van der Waals surface area contributed by atoms with Gasteiger partial charge in [-0.25, -0.2) is 5.10 Å². The molecule has 0 bridgehead atoms. The average molecular weight is 229 g/mol. The molecule has 0 amide bonds. The SMILES string of the molecule is O=c1[nH]nc(-c2ccncc2)c2sccc12. The molecule has 0 aliphatic carbocycles. The Morgan fingerprint density at radius 1 is 1.19 bits per heavy atom. The van der Waals surface area contributed by atoms with E-state index in [1.165, 1.54) is 11.3 Å². The predicted molar refractivity (Wildman–Crippen MR) is 63.5 cm³/mol. The van der Waals surface area contributed by atoms with Crippen LogP contribution in [0.5, 0.6) is 0 Å². The van der Waals surface area contributed by atoms with Crippen molar-refractivity contribution in [1.82, 2.24) is 15.2 Å². The summed E-state index contributed by atoms with van der Waals surface area (Å²) in [6.45, 7) is 0. The minimum absolute atomic E-state index is 0.144. The Morgan fingerprint density at radius 2 is 2.00 bits per heavy atom. The molecule has 0 aliphatic rings. The molecule has 0 unspecified atom stereocenters. The number of hydrogen-bond acceptors (Lipinski definition) is 4. The number of thiophene rings is 1. The van der Waals surface area contributed by atoms with E-state index in [1.54, 1.807) is 12.4 Å². The van der Waals surface area contributed by atoms with E-state index in [2.05, 4.69) is 15.2 Å². The summed E-state index contributed by atoms with van der Waals surface area (Å²) in [5.74, 6) is 0. The largest absolute Gasteiger partial charge is 0.272 e. The van der Waals surface area contributed by atoms with E-state index >= 15 is 0 Å². The first-order valence-corrected chi connectivity index (χ1v) is 5.60. The van der Waals surface area contributed by atoms with Gasteiger partial charge in [-0.2, -0.15) is 5.10 Å². The van der Waals surface area contributed by atoms with Crippen molar-refractivity contribution in [1.29, 1.82) is 0 Å². The summed E-state index contributed by atoms with van der Waals surface area (Å²) in [4.78, 5) is 15.5. The second-order valence-corrected chi connectivity index (χ2v) is 4.22. The van der Waals surface area contributed by atoms with Crippen LogP contribution in [0.25, 0.3) is 21.3 Å². The summed E-state index contributed by atoms with van der Waals surface area (Å²) in [5, 5.41) is 9.18. The van der Waals surface area contributed by atoms with Gasteiger partial charge in [-0.15, -0.1) is 11.3 Å². The Labute approximate surface area is 94.6 Å². The quantitative estimate of drug-likeness (QED) is 0.694. The van der Waals surface area contributed by atoms with Crippen molar-refractivity contribution in [2.24, 2.45) is 0 Å². The van der Waals surface area contributed by atoms with Crippen LogP contribution in [0.1, 0.15) is 0 Å². The molecule has 3 aromatic heterocycles. The monoisotopic (exact) mass is 229 g/mol. The first-order chi connectivity index (χ1) is 7.86. The number of H-pyrrole nitrogens is 1. The molecule has 0 fully saturated rings. The highest BCUT2D eigenvalue weighted by Crippen LogP contribution is 2.27. The molecule has 4 nitrogen and oxygen atoms in total. The van der Waals surface area contributed by atoms with Crippen molar-refractivity contribution in [3.63, 3.8) is 0 Å². The Hall–Kier alpha value is -2.01. The molecule has 0 aliphatic heterocycles. The third kappa shape index (κ3) is 1.33. The number of nitrogens with one attached hydrogen (secondary N) is 1. The Bertz CT molecular complexity index is 687. The number of aromatic amines is 1. The Morgan fingerprint density at radius 3 is 2.81 bits per heavy atom. The second kappa shape index (κ2) is 3.53. The maximum atomic E-state index is 11.5. The molecule has 0 aromatic carbocycles. The van der Waals surface area contributed by atoms with Gasteiger partial charge in [0.15, 0.2) is 0 Å². The van der Waals surface area contributed by atoms with E-state index in [0.29, 0.717) is 5.39 Å². The topological polar surface area (TPSA) is 58.6 Å². The highest BCUT2D eigenvalue weighted by atomic mass is 32.1. The lowest BCUT2D eigenvalue weighted by Crippen LogP contribution is -2.07. The van der Waals surface area contributed by atoms with Crippen molar-refractivity contribution in [2.45, 2.75) is 0 Å². The van der Waals surface area contributed by atoms with Crippen molar-refractivity contribution in [3.05, 3.63) is 46.3 Å². The van der Waals surface area contributed by atoms with Crippen molar-refractivity contribution in [3.8, 4) is 11.3 Å². The van der Waals surface area contributed by atoms with Crippen LogP contribution in [0, 0.1) is 0 Å². The lowest BCUT2D eigenvalue weighted by Gasteiger charge is -2.00. The first-order valence-electron chi connectivity index (χ1n) is 4.72. The zero-order valence-electron chi connectivity index (χ0n) is 8.18. The molecule has 1 N–H and O–H groups in total. The van der Waals surface area contributed by atoms with Gasteiger partial charge in [-0.3, -0.25) is 9.78 Å². The zero-order chi connectivity index (χ0) is 11.0. The predicted octanol–water partition coefficient (Wildman–Crippen LogP) is 2.05. The molecule has 3 rings (SSSR count). The highest BCUT2D eigenvalue weighted by molar-refractivity contribution is 7.17. The fourth-order valence-corrected chi connectivity index (χ4v) is 2.50. The van der Waals surface area contributed by atoms with Gasteiger partial charge in [0.25, 0.3) is 5.56 Å². The molecular weight excluding hydrogens is 222 g/mol. The van der Waals surface area contributed by atoms with Crippen molar-refractivity contribution >= 4 is 21.4 Å². The molecule has 5 heteroatoms. The van der Waals surface area contributed by atoms with Crippen LogP contribution in [0.2, 0.25) is 0 Å². The van der Waals surface area contributed by atoms with Gasteiger partial charge >= 0.3 is 0 Å². The molecule has 0 spiro atoms. The smallest absolute Gasteiger partial charge is 0.267 e. The van der Waals surface area contributed by atoms with Crippen LogP contribution in [0.15, 0.2) is 40.8 Å². The van der Waals surface area contributed by atoms with Gasteiger partial charge in [-0.05, 0) is 23.6 Å². The van der Waals surface area contributed by atoms with Crippen LogP contribution < -0.4 is 5.56 Å². The molecule has 78 valence electrons. The van der Waals surface area contributed by atoms with Crippen molar-refractivity contribution in [2.75, 3.05) is 0 Å². The summed E-state index contributed by atoms with van der Waals surface area (Å²) < 4.78 is 0.912. The van der Waals surface area contributed by atoms with Crippen LogP contribution in [0.4, 0.5) is 0 Å². The Kier molecular flexibility index (Phi) is 2.04. The van der Waals surface area contributed by atoms with Gasteiger partial charge in [0, 0.05) is 18.0 Å². The number of nitrogens with zero attached hydrogens (tertiary/aromatic N) is 2. The van der Waals surface area contributed by atoms with Gasteiger partial charge in [-0.1, -0.05) is 0 Å². The van der Waals surface area contributed by atoms with Crippen LogP contribution in [-0.2, 0) is 0 Å². The molecule has 3 heterocycles. The lowest BCUT2D eigenvalue weighted by atomic mass is 10.2. The summed E-state index contributed by atoms with van der Waals surface area (Å²) in [6, 6.07) is 5.56. The van der Waals surface area contributed by atoms with Crippen LogP contribution in [-0.4, -0.2) is 15.2 Å². The number of pyridine rings is 1. The molecule has 0 saturated carbocycles. The molecule has 16 heavy (non-hydrogen) atoms. The fourth-order valence-electron chi connectivity index (χ4n) is 1.59. The van der Waals surface area contributed by atoms with E-state index in [-0.39, 0.29) is 5.56 Å². The number of rotatable bonds is 1. The molecule has 0 saturated heterocycles. The maximum absolute atomic E-state index is 11.5. The third-order valence-electron chi connectivity index (χ3n) is 2.35. The number of fused-ring (bicyclic) bond motifs is 1. The summed E-state index contributed by atoms with van der Waals surface area (Å²) in [6.07, 6.45) is 3.42. The molecule has 0 atom stereocenters. The fraction of sp³-hybridized carbons (Fsp3) is 0. The number of hydrogen-bond donors (Lipinski definition) is 1. The van der Waals surface area contributed by atoms with Gasteiger partial charge in [0.2, 0.25) is 0 Å². The highest BCUT2D eigenvalue weighted by Gasteiger charge is 2.09. The molecule has 3 aromatic rings. The van der Waals surface area contributed by atoms with E-state index in [0.717, 1.165) is 16.0 Å². The van der Waals surface area contributed by atoms with E-state index in [4.69, 9.17) is 0 Å². The summed E-state index contributed by atoms with van der Waals surface area (Å²) in [7, 11) is 0. The van der Waals surface area contributed by atoms with E-state index in [9.17, 15) is 4.79 Å². The molecular formula is C11H7N3OS. The molecule has 0 radical (unpaired) electrons. The van der Waals surface area contributed by atoms with Crippen molar-refractivity contribution < 1.29 is 0 Å².